The summed E-state index contributed by atoms with van der Waals surface area (Å²) in [6.07, 6.45) is 0. The molecule has 0 atom stereocenters. The Bertz CT molecular complexity index is 228. The fourth-order valence-corrected chi connectivity index (χ4v) is 1.96. The Morgan fingerprint density at radius 2 is 2.00 bits per heavy atom. The number of hydrogen-bond donors (Lipinski definition) is 0. The van der Waals surface area contributed by atoms with Crippen molar-refractivity contribution in [2.24, 2.45) is 0 Å². The summed E-state index contributed by atoms with van der Waals surface area (Å²) >= 11 is 1.27. The van der Waals surface area contributed by atoms with Crippen LogP contribution >= 0.6 is 0 Å². The molecule has 0 radical (unpaired) electrons. The summed E-state index contributed by atoms with van der Waals surface area (Å²) in [5, 5.41) is 0. The standard InChI is InChI=1S/C9H11.Na/c1-7-5-4-6-8(2)9(7)3;/h4-6H,1H2,2-3H3;. The maximum absolute atomic E-state index is 2.23. The van der Waals surface area contributed by atoms with Gasteiger partial charge in [0.1, 0.15) is 0 Å². The van der Waals surface area contributed by atoms with E-state index in [2.05, 4.69) is 32.0 Å². The van der Waals surface area contributed by atoms with Crippen LogP contribution in [0.25, 0.3) is 0 Å². The first-order valence-electron chi connectivity index (χ1n) is 3.80. The molecular weight excluding hydrogens is 131 g/mol. The summed E-state index contributed by atoms with van der Waals surface area (Å²) in [5.74, 6) is 0. The van der Waals surface area contributed by atoms with E-state index in [0.29, 0.717) is 0 Å². The Morgan fingerprint density at radius 1 is 1.30 bits per heavy atom. The molecule has 0 N–H and O–H groups in total. The van der Waals surface area contributed by atoms with Crippen molar-refractivity contribution in [2.45, 2.75) is 17.5 Å². The Labute approximate surface area is 80.1 Å². The second-order valence-electron chi connectivity index (χ2n) is 2.71. The average molecular weight is 142 g/mol. The van der Waals surface area contributed by atoms with Crippen LogP contribution in [0.1, 0.15) is 16.7 Å². The molecule has 0 aliphatic carbocycles. The van der Waals surface area contributed by atoms with Crippen molar-refractivity contribution in [3.05, 3.63) is 34.9 Å². The molecule has 48 valence electrons. The Kier molecular flexibility index (Phi) is 2.96. The predicted octanol–water partition coefficient (Wildman–Crippen LogP) is 1.97. The van der Waals surface area contributed by atoms with Crippen LogP contribution in [0.2, 0.25) is 0 Å². The van der Waals surface area contributed by atoms with Crippen molar-refractivity contribution < 1.29 is 0 Å². The van der Waals surface area contributed by atoms with Gasteiger partial charge in [0.2, 0.25) is 0 Å². The van der Waals surface area contributed by atoms with Gasteiger partial charge < -0.3 is 0 Å². The second-order valence-corrected chi connectivity index (χ2v) is 3.42. The molecule has 0 bridgehead atoms. The molecular formula is C9H11Na. The summed E-state index contributed by atoms with van der Waals surface area (Å²) in [6.45, 7) is 4.39. The van der Waals surface area contributed by atoms with Gasteiger partial charge in [0, 0.05) is 0 Å². The average Bonchev–Trinajstić information content (AvgIpc) is 1.95. The van der Waals surface area contributed by atoms with Gasteiger partial charge in [-0.3, -0.25) is 0 Å². The third-order valence-electron chi connectivity index (χ3n) is 2.10. The van der Waals surface area contributed by atoms with Crippen molar-refractivity contribution in [1.29, 1.82) is 0 Å². The molecule has 1 aromatic carbocycles. The van der Waals surface area contributed by atoms with Crippen molar-refractivity contribution in [2.75, 3.05) is 0 Å². The number of rotatable bonds is 1. The molecule has 0 nitrogen and oxygen atoms in total. The third-order valence-corrected chi connectivity index (χ3v) is 2.86. The molecule has 0 aromatic heterocycles. The van der Waals surface area contributed by atoms with Crippen LogP contribution in [-0.2, 0) is 3.67 Å². The van der Waals surface area contributed by atoms with Gasteiger partial charge in [0.25, 0.3) is 0 Å². The molecule has 0 spiro atoms. The van der Waals surface area contributed by atoms with Gasteiger partial charge >= 0.3 is 80.3 Å². The maximum atomic E-state index is 2.23. The summed E-state index contributed by atoms with van der Waals surface area (Å²) in [4.78, 5) is 0. The summed E-state index contributed by atoms with van der Waals surface area (Å²) in [5.41, 5.74) is 4.44. The van der Waals surface area contributed by atoms with Crippen LogP contribution < -0.4 is 0 Å². The van der Waals surface area contributed by atoms with Crippen LogP contribution in [0.5, 0.6) is 0 Å². The monoisotopic (exact) mass is 142 g/mol. The van der Waals surface area contributed by atoms with Crippen molar-refractivity contribution in [3.63, 3.8) is 0 Å². The fourth-order valence-electron chi connectivity index (χ4n) is 1.19. The molecule has 0 aliphatic rings. The SMILES string of the molecule is Cc1cccc([CH2][Na])c1C. The first kappa shape index (κ1) is 8.32. The van der Waals surface area contributed by atoms with Gasteiger partial charge in [0.05, 0.1) is 0 Å². The normalized spacial score (nSPS) is 10.0. The van der Waals surface area contributed by atoms with Gasteiger partial charge in [-0.15, -0.1) is 0 Å². The van der Waals surface area contributed by atoms with Crippen LogP contribution in [0.3, 0.4) is 0 Å². The molecule has 0 saturated heterocycles. The van der Waals surface area contributed by atoms with Gasteiger partial charge in [-0.05, 0) is 0 Å². The zero-order valence-electron chi connectivity index (χ0n) is 6.94. The molecule has 0 heterocycles. The first-order chi connectivity index (χ1) is 4.75. The fraction of sp³-hybridized carbons (Fsp3) is 0.333. The van der Waals surface area contributed by atoms with E-state index in [1.165, 1.54) is 48.3 Å². The molecule has 0 fully saturated rings. The van der Waals surface area contributed by atoms with Crippen molar-refractivity contribution in [1.82, 2.24) is 0 Å². The minimum atomic E-state index is 1.27. The van der Waals surface area contributed by atoms with E-state index in [-0.39, 0.29) is 0 Å². The zero-order chi connectivity index (χ0) is 7.56. The number of hydrogen-bond acceptors (Lipinski definition) is 0. The molecule has 1 heteroatoms. The number of aryl methyl sites for hydroxylation is 1. The Balaban J connectivity index is 3.14. The van der Waals surface area contributed by atoms with Crippen LogP contribution in [0, 0.1) is 13.8 Å². The van der Waals surface area contributed by atoms with Crippen LogP contribution in [-0.4, -0.2) is 27.9 Å². The molecule has 1 rings (SSSR count). The molecule has 0 aliphatic heterocycles. The van der Waals surface area contributed by atoms with Crippen molar-refractivity contribution in [3.8, 4) is 0 Å². The summed E-state index contributed by atoms with van der Waals surface area (Å²) in [6, 6.07) is 6.56. The Hall–Kier alpha value is 0.220. The van der Waals surface area contributed by atoms with Crippen LogP contribution in [0.15, 0.2) is 18.2 Å². The van der Waals surface area contributed by atoms with Gasteiger partial charge in [-0.1, -0.05) is 0 Å². The molecule has 10 heavy (non-hydrogen) atoms. The van der Waals surface area contributed by atoms with E-state index in [1.807, 2.05) is 0 Å². The van der Waals surface area contributed by atoms with E-state index < -0.39 is 0 Å². The van der Waals surface area contributed by atoms with Crippen LogP contribution in [0.4, 0.5) is 0 Å². The van der Waals surface area contributed by atoms with E-state index in [1.54, 1.807) is 0 Å². The molecule has 0 amide bonds. The molecule has 0 unspecified atom stereocenters. The van der Waals surface area contributed by atoms with Crippen molar-refractivity contribution >= 4 is 27.9 Å². The van der Waals surface area contributed by atoms with E-state index in [0.717, 1.165) is 0 Å². The minimum absolute atomic E-state index is 1.27. The van der Waals surface area contributed by atoms with Gasteiger partial charge in [-0.25, -0.2) is 0 Å². The summed E-state index contributed by atoms with van der Waals surface area (Å²) < 4.78 is 1.29. The Morgan fingerprint density at radius 3 is 2.50 bits per heavy atom. The molecule has 0 saturated carbocycles. The van der Waals surface area contributed by atoms with E-state index >= 15 is 0 Å². The topological polar surface area (TPSA) is 0 Å². The molecule has 1 aromatic rings. The predicted molar refractivity (Wildman–Crippen MR) is 45.4 cm³/mol. The quantitative estimate of drug-likeness (QED) is 0.526. The third kappa shape index (κ3) is 1.63. The zero-order valence-corrected chi connectivity index (χ0v) is 8.94. The first-order valence-corrected chi connectivity index (χ1v) is 5.22. The van der Waals surface area contributed by atoms with E-state index in [4.69, 9.17) is 0 Å². The number of benzene rings is 1. The summed E-state index contributed by atoms with van der Waals surface area (Å²) in [7, 11) is 0. The van der Waals surface area contributed by atoms with Gasteiger partial charge in [0.15, 0.2) is 0 Å². The second kappa shape index (κ2) is 3.56. The van der Waals surface area contributed by atoms with E-state index in [9.17, 15) is 0 Å². The van der Waals surface area contributed by atoms with Gasteiger partial charge in [-0.2, -0.15) is 0 Å².